The lowest BCUT2D eigenvalue weighted by Crippen LogP contribution is -2.09. The molecule has 0 radical (unpaired) electrons. The molecule has 2 rings (SSSR count). The fourth-order valence-corrected chi connectivity index (χ4v) is 1.85. The van der Waals surface area contributed by atoms with Crippen LogP contribution in [0.2, 0.25) is 0 Å². The molecule has 0 atom stereocenters. The summed E-state index contributed by atoms with van der Waals surface area (Å²) in [5, 5.41) is 5.14. The lowest BCUT2D eigenvalue weighted by atomic mass is 10.2. The second-order valence-electron chi connectivity index (χ2n) is 4.72. The third kappa shape index (κ3) is 4.74. The number of halogens is 2. The van der Waals surface area contributed by atoms with Gasteiger partial charge in [0, 0.05) is 29.9 Å². The van der Waals surface area contributed by atoms with E-state index in [1.807, 2.05) is 0 Å². The maximum atomic E-state index is 13.4. The van der Waals surface area contributed by atoms with E-state index in [4.69, 9.17) is 0 Å². The van der Waals surface area contributed by atoms with E-state index in [1.165, 1.54) is 13.0 Å². The molecule has 0 aliphatic heterocycles. The first kappa shape index (κ1) is 16.4. The molecule has 0 aliphatic carbocycles. The zero-order valence-corrected chi connectivity index (χ0v) is 12.3. The van der Waals surface area contributed by atoms with Crippen LogP contribution in [0.3, 0.4) is 0 Å². The number of carbonyl (C=O) groups is 2. The lowest BCUT2D eigenvalue weighted by molar-refractivity contribution is -0.114. The minimum Gasteiger partial charge on any atom is -0.326 e. The van der Waals surface area contributed by atoms with Crippen molar-refractivity contribution in [1.29, 1.82) is 0 Å². The van der Waals surface area contributed by atoms with Gasteiger partial charge in [-0.3, -0.25) is 9.59 Å². The van der Waals surface area contributed by atoms with Crippen molar-refractivity contribution >= 4 is 29.3 Å². The first-order valence-electron chi connectivity index (χ1n) is 6.76. The molecule has 0 bridgehead atoms. The summed E-state index contributed by atoms with van der Waals surface area (Å²) >= 11 is 0. The van der Waals surface area contributed by atoms with Crippen molar-refractivity contribution in [1.82, 2.24) is 0 Å². The minimum absolute atomic E-state index is 0.198. The summed E-state index contributed by atoms with van der Waals surface area (Å²) < 4.78 is 26.8. The number of anilines is 2. The number of rotatable bonds is 4. The Morgan fingerprint density at radius 1 is 0.913 bits per heavy atom. The van der Waals surface area contributed by atoms with Crippen LogP contribution in [0.4, 0.5) is 20.2 Å². The quantitative estimate of drug-likeness (QED) is 0.847. The number of amides is 2. The Morgan fingerprint density at radius 3 is 1.96 bits per heavy atom. The molecule has 0 fully saturated rings. The Morgan fingerprint density at radius 2 is 1.43 bits per heavy atom. The molecule has 23 heavy (non-hydrogen) atoms. The molecule has 0 spiro atoms. The molecule has 2 aromatic rings. The highest BCUT2D eigenvalue weighted by atomic mass is 19.1. The van der Waals surface area contributed by atoms with Gasteiger partial charge < -0.3 is 10.6 Å². The van der Waals surface area contributed by atoms with Gasteiger partial charge in [0.15, 0.2) is 0 Å². The van der Waals surface area contributed by atoms with Gasteiger partial charge >= 0.3 is 0 Å². The number of benzene rings is 2. The van der Waals surface area contributed by atoms with Crippen LogP contribution >= 0.6 is 0 Å². The van der Waals surface area contributed by atoms with Gasteiger partial charge in [-0.15, -0.1) is 0 Å². The van der Waals surface area contributed by atoms with Gasteiger partial charge in [-0.05, 0) is 42.5 Å². The Hall–Kier alpha value is -3.02. The average Bonchev–Trinajstić information content (AvgIpc) is 2.48. The van der Waals surface area contributed by atoms with Gasteiger partial charge in [0.2, 0.25) is 11.8 Å². The van der Waals surface area contributed by atoms with Crippen LogP contribution in [0.25, 0.3) is 6.08 Å². The molecule has 0 heterocycles. The standard InChI is InChI=1S/C17H14F2N2O2/c1-11(22)20-12-5-7-13(8-6-12)21-17(23)10-9-14-15(18)3-2-4-16(14)19/h2-10H,1H3,(H,20,22)(H,21,23)/b10-9+. The maximum Gasteiger partial charge on any atom is 0.248 e. The third-order valence-electron chi connectivity index (χ3n) is 2.87. The molecule has 4 nitrogen and oxygen atoms in total. The second-order valence-corrected chi connectivity index (χ2v) is 4.72. The Balaban J connectivity index is 2.02. The summed E-state index contributed by atoms with van der Waals surface area (Å²) in [5.74, 6) is -2.21. The average molecular weight is 316 g/mol. The van der Waals surface area contributed by atoms with Crippen LogP contribution in [-0.4, -0.2) is 11.8 Å². The van der Waals surface area contributed by atoms with Gasteiger partial charge in [0.1, 0.15) is 11.6 Å². The number of carbonyl (C=O) groups excluding carboxylic acids is 2. The van der Waals surface area contributed by atoms with E-state index >= 15 is 0 Å². The van der Waals surface area contributed by atoms with Crippen LogP contribution in [0.1, 0.15) is 12.5 Å². The minimum atomic E-state index is -0.742. The van der Waals surface area contributed by atoms with Gasteiger partial charge in [0.25, 0.3) is 0 Å². The molecule has 6 heteroatoms. The van der Waals surface area contributed by atoms with E-state index in [2.05, 4.69) is 10.6 Å². The van der Waals surface area contributed by atoms with Crippen molar-refractivity contribution in [3.8, 4) is 0 Å². The van der Waals surface area contributed by atoms with E-state index in [1.54, 1.807) is 24.3 Å². The Bertz CT molecular complexity index is 735. The van der Waals surface area contributed by atoms with Gasteiger partial charge in [-0.1, -0.05) is 6.07 Å². The van der Waals surface area contributed by atoms with E-state index in [9.17, 15) is 18.4 Å². The molecule has 0 unspecified atom stereocenters. The molecule has 2 aromatic carbocycles. The SMILES string of the molecule is CC(=O)Nc1ccc(NC(=O)/C=C/c2c(F)cccc2F)cc1. The van der Waals surface area contributed by atoms with E-state index in [0.29, 0.717) is 11.4 Å². The maximum absolute atomic E-state index is 13.4. The summed E-state index contributed by atoms with van der Waals surface area (Å²) in [6.45, 7) is 1.39. The summed E-state index contributed by atoms with van der Waals surface area (Å²) in [6, 6.07) is 9.91. The monoisotopic (exact) mass is 316 g/mol. The lowest BCUT2D eigenvalue weighted by Gasteiger charge is -2.05. The Kier molecular flexibility index (Phi) is 5.19. The number of hydrogen-bond donors (Lipinski definition) is 2. The highest BCUT2D eigenvalue weighted by Gasteiger charge is 2.05. The van der Waals surface area contributed by atoms with Gasteiger partial charge in [0.05, 0.1) is 0 Å². The molecule has 118 valence electrons. The highest BCUT2D eigenvalue weighted by molar-refractivity contribution is 6.02. The predicted molar refractivity (Wildman–Crippen MR) is 84.8 cm³/mol. The van der Waals surface area contributed by atoms with Crippen LogP contribution in [0.5, 0.6) is 0 Å². The Labute approximate surface area is 131 Å². The van der Waals surface area contributed by atoms with Crippen molar-refractivity contribution in [3.05, 3.63) is 65.7 Å². The second kappa shape index (κ2) is 7.31. The van der Waals surface area contributed by atoms with Crippen LogP contribution in [0, 0.1) is 11.6 Å². The summed E-state index contributed by atoms with van der Waals surface area (Å²) in [6.07, 6.45) is 2.12. The van der Waals surface area contributed by atoms with Gasteiger partial charge in [-0.25, -0.2) is 8.78 Å². The molecule has 2 amide bonds. The van der Waals surface area contributed by atoms with Crippen molar-refractivity contribution in [3.63, 3.8) is 0 Å². The zero-order valence-electron chi connectivity index (χ0n) is 12.3. The summed E-state index contributed by atoms with van der Waals surface area (Å²) in [7, 11) is 0. The molecular weight excluding hydrogens is 302 g/mol. The molecule has 0 aromatic heterocycles. The van der Waals surface area contributed by atoms with Crippen LogP contribution < -0.4 is 10.6 Å². The smallest absolute Gasteiger partial charge is 0.248 e. The van der Waals surface area contributed by atoms with Gasteiger partial charge in [-0.2, -0.15) is 0 Å². The van der Waals surface area contributed by atoms with Crippen LogP contribution in [-0.2, 0) is 9.59 Å². The van der Waals surface area contributed by atoms with Crippen molar-refractivity contribution in [2.24, 2.45) is 0 Å². The molecule has 0 aliphatic rings. The number of nitrogens with one attached hydrogen (secondary N) is 2. The number of hydrogen-bond acceptors (Lipinski definition) is 2. The predicted octanol–water partition coefficient (Wildman–Crippen LogP) is 3.58. The topological polar surface area (TPSA) is 58.2 Å². The largest absolute Gasteiger partial charge is 0.326 e. The van der Waals surface area contributed by atoms with E-state index in [-0.39, 0.29) is 11.5 Å². The van der Waals surface area contributed by atoms with Crippen LogP contribution in [0.15, 0.2) is 48.5 Å². The first-order valence-corrected chi connectivity index (χ1v) is 6.76. The van der Waals surface area contributed by atoms with E-state index in [0.717, 1.165) is 24.3 Å². The summed E-state index contributed by atoms with van der Waals surface area (Å²) in [4.78, 5) is 22.7. The fourth-order valence-electron chi connectivity index (χ4n) is 1.85. The molecular formula is C17H14F2N2O2. The van der Waals surface area contributed by atoms with Crippen molar-refractivity contribution < 1.29 is 18.4 Å². The molecule has 0 saturated heterocycles. The first-order chi connectivity index (χ1) is 11.0. The fraction of sp³-hybridized carbons (Fsp3) is 0.0588. The highest BCUT2D eigenvalue weighted by Crippen LogP contribution is 2.15. The molecule has 0 saturated carbocycles. The zero-order chi connectivity index (χ0) is 16.8. The molecule has 2 N–H and O–H groups in total. The summed E-state index contributed by atoms with van der Waals surface area (Å²) in [5.41, 5.74) is 0.811. The van der Waals surface area contributed by atoms with Crippen molar-refractivity contribution in [2.75, 3.05) is 10.6 Å². The van der Waals surface area contributed by atoms with E-state index < -0.39 is 17.5 Å². The van der Waals surface area contributed by atoms with Crippen molar-refractivity contribution in [2.45, 2.75) is 6.92 Å². The third-order valence-corrected chi connectivity index (χ3v) is 2.87. The normalized spacial score (nSPS) is 10.6.